The van der Waals surface area contributed by atoms with Gasteiger partial charge in [0.25, 0.3) is 0 Å². The van der Waals surface area contributed by atoms with Gasteiger partial charge in [-0.15, -0.1) is 14.7 Å². The van der Waals surface area contributed by atoms with Crippen molar-refractivity contribution < 1.29 is 4.74 Å². The number of hydrazine groups is 1. The molecule has 1 aromatic carbocycles. The SMILES string of the molecule is C[C@@H]1OCC2(CCN(C3=NNN(Sc4cccc(-c5cnccn5)c4Cl)N=C3)CC2)[C@@H]1N. The van der Waals surface area contributed by atoms with Crippen LogP contribution in [0.25, 0.3) is 11.3 Å². The van der Waals surface area contributed by atoms with Crippen LogP contribution in [0.2, 0.25) is 5.02 Å². The number of nitrogens with zero attached hydrogens (tertiary/aromatic N) is 6. The van der Waals surface area contributed by atoms with E-state index in [9.17, 15) is 0 Å². The topological polar surface area (TPSA) is 104 Å². The van der Waals surface area contributed by atoms with E-state index < -0.39 is 0 Å². The number of nitrogens with one attached hydrogen (secondary N) is 1. The molecule has 2 atom stereocenters. The van der Waals surface area contributed by atoms with Crippen LogP contribution in [-0.4, -0.2) is 63.3 Å². The van der Waals surface area contributed by atoms with Gasteiger partial charge in [0.05, 0.1) is 40.7 Å². The number of benzene rings is 1. The molecule has 0 amide bonds. The predicted molar refractivity (Wildman–Crippen MR) is 126 cm³/mol. The zero-order valence-corrected chi connectivity index (χ0v) is 19.3. The summed E-state index contributed by atoms with van der Waals surface area (Å²) in [6.07, 6.45) is 8.86. The van der Waals surface area contributed by atoms with Gasteiger partial charge in [-0.1, -0.05) is 23.7 Å². The lowest BCUT2D eigenvalue weighted by molar-refractivity contribution is 0.0840. The molecule has 11 heteroatoms. The predicted octanol–water partition coefficient (Wildman–Crippen LogP) is 2.75. The third-order valence-corrected chi connectivity index (χ3v) is 7.85. The summed E-state index contributed by atoms with van der Waals surface area (Å²) in [5.41, 5.74) is 11.0. The summed E-state index contributed by atoms with van der Waals surface area (Å²) in [5, 5.41) is 9.60. The van der Waals surface area contributed by atoms with Crippen molar-refractivity contribution in [1.29, 1.82) is 0 Å². The Hall–Kier alpha value is -2.40. The largest absolute Gasteiger partial charge is 0.376 e. The van der Waals surface area contributed by atoms with Crippen molar-refractivity contribution in [3.8, 4) is 11.3 Å². The van der Waals surface area contributed by atoms with Crippen molar-refractivity contribution in [2.75, 3.05) is 19.7 Å². The third-order valence-electron chi connectivity index (χ3n) is 6.45. The second-order valence-electron chi connectivity index (χ2n) is 8.28. The first-order valence-electron chi connectivity index (χ1n) is 10.6. The van der Waals surface area contributed by atoms with Crippen LogP contribution in [0.5, 0.6) is 0 Å². The average molecular weight is 473 g/mol. The molecule has 0 unspecified atom stereocenters. The Balaban J connectivity index is 1.21. The molecule has 1 spiro atoms. The van der Waals surface area contributed by atoms with Crippen LogP contribution in [0.4, 0.5) is 0 Å². The number of hydrogen-bond acceptors (Lipinski definition) is 10. The monoisotopic (exact) mass is 472 g/mol. The lowest BCUT2D eigenvalue weighted by Gasteiger charge is -2.42. The lowest BCUT2D eigenvalue weighted by Crippen LogP contribution is -2.52. The molecular formula is C21H25ClN8OS. The van der Waals surface area contributed by atoms with Crippen molar-refractivity contribution in [2.45, 2.75) is 36.8 Å². The number of ether oxygens (including phenoxy) is 1. The fraction of sp³-hybridized carbons (Fsp3) is 0.429. The molecule has 1 aromatic heterocycles. The van der Waals surface area contributed by atoms with Gasteiger partial charge >= 0.3 is 0 Å². The summed E-state index contributed by atoms with van der Waals surface area (Å²) in [6.45, 7) is 4.58. The molecule has 3 aliphatic rings. The number of hydrazone groups is 2. The second-order valence-corrected chi connectivity index (χ2v) is 9.62. The van der Waals surface area contributed by atoms with E-state index in [2.05, 4.69) is 37.5 Å². The molecule has 0 bridgehead atoms. The van der Waals surface area contributed by atoms with Gasteiger partial charge in [-0.2, -0.15) is 5.53 Å². The summed E-state index contributed by atoms with van der Waals surface area (Å²) >= 11 is 7.98. The van der Waals surface area contributed by atoms with Crippen LogP contribution < -0.4 is 11.3 Å². The summed E-state index contributed by atoms with van der Waals surface area (Å²) < 4.78 is 7.40. The first kappa shape index (κ1) is 21.4. The van der Waals surface area contributed by atoms with E-state index in [1.165, 1.54) is 11.9 Å². The van der Waals surface area contributed by atoms with Crippen molar-refractivity contribution in [3.63, 3.8) is 0 Å². The molecule has 2 aromatic rings. The van der Waals surface area contributed by atoms with Gasteiger partial charge in [-0.05, 0) is 25.8 Å². The zero-order chi connectivity index (χ0) is 22.1. The van der Waals surface area contributed by atoms with Crippen LogP contribution >= 0.6 is 23.5 Å². The van der Waals surface area contributed by atoms with Gasteiger partial charge in [0.15, 0.2) is 5.84 Å². The maximum absolute atomic E-state index is 6.63. The third kappa shape index (κ3) is 4.03. The van der Waals surface area contributed by atoms with Gasteiger partial charge in [0, 0.05) is 54.5 Å². The zero-order valence-electron chi connectivity index (χ0n) is 17.7. The van der Waals surface area contributed by atoms with Crippen LogP contribution in [0, 0.1) is 5.41 Å². The molecule has 3 aliphatic heterocycles. The highest BCUT2D eigenvalue weighted by Crippen LogP contribution is 2.41. The van der Waals surface area contributed by atoms with E-state index >= 15 is 0 Å². The van der Waals surface area contributed by atoms with Crippen LogP contribution in [-0.2, 0) is 4.74 Å². The number of hydrogen-bond donors (Lipinski definition) is 2. The Kier molecular flexibility index (Phi) is 5.93. The van der Waals surface area contributed by atoms with Gasteiger partial charge in [0.1, 0.15) is 0 Å². The standard InChI is InChI=1S/C21H25ClN8OS/c1-14-20(23)21(13-31-14)5-9-29(10-6-21)18-12-26-30(28-27-18)32-17-4-2-3-15(19(17)22)16-11-24-7-8-25-16/h2-4,7-8,11-12,14,20,28H,5-6,9-10,13,23H2,1H3/t14-,20+/m0/s1. The first-order valence-corrected chi connectivity index (χ1v) is 11.7. The van der Waals surface area contributed by atoms with Crippen molar-refractivity contribution >= 4 is 35.6 Å². The average Bonchev–Trinajstić information content (AvgIpc) is 3.10. The summed E-state index contributed by atoms with van der Waals surface area (Å²) in [6, 6.07) is 5.88. The Bertz CT molecular complexity index is 1030. The van der Waals surface area contributed by atoms with Crippen LogP contribution in [0.15, 0.2) is 51.9 Å². The molecule has 2 saturated heterocycles. The molecule has 4 heterocycles. The number of amidine groups is 1. The number of aromatic nitrogens is 2. The van der Waals surface area contributed by atoms with E-state index in [0.717, 1.165) is 54.5 Å². The highest BCUT2D eigenvalue weighted by atomic mass is 35.5. The fourth-order valence-electron chi connectivity index (χ4n) is 4.41. The van der Waals surface area contributed by atoms with Crippen LogP contribution in [0.3, 0.4) is 0 Å². The molecular weight excluding hydrogens is 448 g/mol. The second kappa shape index (κ2) is 8.86. The Morgan fingerprint density at radius 2 is 2.12 bits per heavy atom. The molecule has 32 heavy (non-hydrogen) atoms. The van der Waals surface area contributed by atoms with Gasteiger partial charge < -0.3 is 15.4 Å². The summed E-state index contributed by atoms with van der Waals surface area (Å²) in [5.74, 6) is 0.816. The summed E-state index contributed by atoms with van der Waals surface area (Å²) in [7, 11) is 0. The van der Waals surface area contributed by atoms with E-state index in [1.807, 2.05) is 18.2 Å². The minimum Gasteiger partial charge on any atom is -0.376 e. The number of rotatable bonds is 3. The molecule has 2 fully saturated rings. The molecule has 5 rings (SSSR count). The minimum absolute atomic E-state index is 0.0858. The molecule has 0 radical (unpaired) electrons. The number of nitrogens with two attached hydrogens (primary N) is 1. The first-order chi connectivity index (χ1) is 15.6. The maximum atomic E-state index is 6.63. The quantitative estimate of drug-likeness (QED) is 0.657. The van der Waals surface area contributed by atoms with Crippen LogP contribution in [0.1, 0.15) is 19.8 Å². The van der Waals surface area contributed by atoms with Gasteiger partial charge in [-0.25, -0.2) is 0 Å². The normalized spacial score (nSPS) is 24.5. The van der Waals surface area contributed by atoms with Crippen molar-refractivity contribution in [1.82, 2.24) is 24.9 Å². The maximum Gasteiger partial charge on any atom is 0.170 e. The molecule has 0 aliphatic carbocycles. The highest BCUT2D eigenvalue weighted by molar-refractivity contribution is 7.97. The van der Waals surface area contributed by atoms with E-state index in [0.29, 0.717) is 5.02 Å². The van der Waals surface area contributed by atoms with Gasteiger partial charge in [-0.3, -0.25) is 9.97 Å². The molecule has 3 N–H and O–H groups in total. The number of halogens is 1. The molecule has 168 valence electrons. The highest BCUT2D eigenvalue weighted by Gasteiger charge is 2.47. The van der Waals surface area contributed by atoms with Crippen molar-refractivity contribution in [2.24, 2.45) is 21.4 Å². The minimum atomic E-state index is 0.0858. The summed E-state index contributed by atoms with van der Waals surface area (Å²) in [4.78, 5) is 11.5. The Morgan fingerprint density at radius 3 is 2.78 bits per heavy atom. The van der Waals surface area contributed by atoms with E-state index in [4.69, 9.17) is 22.1 Å². The van der Waals surface area contributed by atoms with Gasteiger partial charge in [0.2, 0.25) is 0 Å². The Labute approximate surface area is 196 Å². The molecule has 9 nitrogen and oxygen atoms in total. The number of piperidine rings is 1. The number of likely N-dealkylation sites (tertiary alicyclic amines) is 1. The Morgan fingerprint density at radius 1 is 1.28 bits per heavy atom. The fourth-order valence-corrected chi connectivity index (χ4v) is 5.43. The smallest absolute Gasteiger partial charge is 0.170 e. The lowest BCUT2D eigenvalue weighted by atomic mass is 9.73. The van der Waals surface area contributed by atoms with E-state index in [1.54, 1.807) is 29.3 Å². The van der Waals surface area contributed by atoms with Crippen molar-refractivity contribution in [3.05, 3.63) is 41.8 Å². The van der Waals surface area contributed by atoms with E-state index in [-0.39, 0.29) is 17.6 Å². The molecule has 0 saturated carbocycles.